The largest absolute Gasteiger partial charge is 0.457 e. The third-order valence-electron chi connectivity index (χ3n) is 5.50. The number of carbonyl (C=O) groups is 1. The quantitative estimate of drug-likeness (QED) is 0.292. The number of sulfonamides is 1. The highest BCUT2D eigenvalue weighted by Crippen LogP contribution is 2.25. The zero-order chi connectivity index (χ0) is 25.1. The van der Waals surface area contributed by atoms with Crippen molar-refractivity contribution in [3.8, 4) is 11.5 Å². The van der Waals surface area contributed by atoms with Crippen LogP contribution in [0.15, 0.2) is 108 Å². The Hall–Kier alpha value is -3.90. The van der Waals surface area contributed by atoms with Crippen molar-refractivity contribution in [2.24, 2.45) is 0 Å². The van der Waals surface area contributed by atoms with Crippen LogP contribution in [0.25, 0.3) is 0 Å². The van der Waals surface area contributed by atoms with Crippen molar-refractivity contribution in [1.29, 1.82) is 0 Å². The molecule has 0 aromatic heterocycles. The summed E-state index contributed by atoms with van der Waals surface area (Å²) in [6.45, 7) is 6.34. The van der Waals surface area contributed by atoms with E-state index >= 15 is 0 Å². The zero-order valence-electron chi connectivity index (χ0n) is 19.9. The number of anilines is 1. The Bertz CT molecular complexity index is 1420. The molecule has 0 atom stereocenters. The summed E-state index contributed by atoms with van der Waals surface area (Å²) in [5, 5.41) is 0. The van der Waals surface area contributed by atoms with E-state index in [0.717, 1.165) is 5.56 Å². The standard InChI is InChI=1S/C29H27NO4S/c1-29(2,3)23-14-12-21(13-15-23)28(31)22-8-7-9-24(20-22)30-35(32,33)27-18-16-26(17-19-27)34-25-10-5-4-6-11-25/h4-20,30H,1-3H3. The van der Waals surface area contributed by atoms with Gasteiger partial charge in [0, 0.05) is 16.8 Å². The first kappa shape index (κ1) is 24.2. The van der Waals surface area contributed by atoms with Gasteiger partial charge in [-0.15, -0.1) is 0 Å². The number of carbonyl (C=O) groups excluding carboxylic acids is 1. The highest BCUT2D eigenvalue weighted by atomic mass is 32.2. The van der Waals surface area contributed by atoms with Gasteiger partial charge in [0.15, 0.2) is 5.78 Å². The maximum absolute atomic E-state index is 13.0. The van der Waals surface area contributed by atoms with Gasteiger partial charge in [0.25, 0.3) is 10.0 Å². The van der Waals surface area contributed by atoms with Gasteiger partial charge in [-0.3, -0.25) is 9.52 Å². The van der Waals surface area contributed by atoms with Crippen molar-refractivity contribution in [2.45, 2.75) is 31.1 Å². The van der Waals surface area contributed by atoms with Crippen molar-refractivity contribution < 1.29 is 17.9 Å². The van der Waals surface area contributed by atoms with Crippen LogP contribution in [-0.2, 0) is 15.4 Å². The molecule has 0 aliphatic heterocycles. The van der Waals surface area contributed by atoms with E-state index in [1.807, 2.05) is 42.5 Å². The fourth-order valence-electron chi connectivity index (χ4n) is 3.54. The molecule has 6 heteroatoms. The van der Waals surface area contributed by atoms with Crippen LogP contribution < -0.4 is 9.46 Å². The van der Waals surface area contributed by atoms with E-state index in [2.05, 4.69) is 25.5 Å². The lowest BCUT2D eigenvalue weighted by Gasteiger charge is -2.19. The molecule has 0 bridgehead atoms. The molecular weight excluding hydrogens is 458 g/mol. The van der Waals surface area contributed by atoms with Crippen LogP contribution in [0.2, 0.25) is 0 Å². The Kier molecular flexibility index (Phi) is 6.76. The zero-order valence-corrected chi connectivity index (χ0v) is 20.7. The number of hydrogen-bond donors (Lipinski definition) is 1. The molecule has 1 N–H and O–H groups in total. The second-order valence-corrected chi connectivity index (χ2v) is 10.9. The number of hydrogen-bond acceptors (Lipinski definition) is 4. The number of rotatable bonds is 7. The summed E-state index contributed by atoms with van der Waals surface area (Å²) in [5.41, 5.74) is 2.39. The van der Waals surface area contributed by atoms with Crippen LogP contribution >= 0.6 is 0 Å². The lowest BCUT2D eigenvalue weighted by Crippen LogP contribution is -2.13. The molecule has 4 aromatic carbocycles. The van der Waals surface area contributed by atoms with Gasteiger partial charge in [-0.2, -0.15) is 0 Å². The normalized spacial score (nSPS) is 11.6. The highest BCUT2D eigenvalue weighted by molar-refractivity contribution is 7.92. The molecule has 0 heterocycles. The van der Waals surface area contributed by atoms with Crippen molar-refractivity contribution >= 4 is 21.5 Å². The van der Waals surface area contributed by atoms with E-state index < -0.39 is 10.0 Å². The van der Waals surface area contributed by atoms with E-state index in [9.17, 15) is 13.2 Å². The molecule has 0 radical (unpaired) electrons. The molecule has 0 aliphatic rings. The molecule has 0 spiro atoms. The van der Waals surface area contributed by atoms with Crippen molar-refractivity contribution in [3.05, 3.63) is 120 Å². The number of para-hydroxylation sites is 1. The van der Waals surface area contributed by atoms with Crippen LogP contribution in [0.4, 0.5) is 5.69 Å². The predicted molar refractivity (Wildman–Crippen MR) is 139 cm³/mol. The molecule has 0 saturated heterocycles. The van der Waals surface area contributed by atoms with Gasteiger partial charge in [0.1, 0.15) is 11.5 Å². The Morgan fingerprint density at radius 1 is 0.714 bits per heavy atom. The molecule has 4 aromatic rings. The third kappa shape index (κ3) is 5.97. The van der Waals surface area contributed by atoms with Gasteiger partial charge in [-0.1, -0.05) is 75.4 Å². The highest BCUT2D eigenvalue weighted by Gasteiger charge is 2.17. The van der Waals surface area contributed by atoms with Crippen LogP contribution in [-0.4, -0.2) is 14.2 Å². The average molecular weight is 486 g/mol. The van der Waals surface area contributed by atoms with E-state index in [4.69, 9.17) is 4.74 Å². The third-order valence-corrected chi connectivity index (χ3v) is 6.90. The number of ketones is 1. The summed E-state index contributed by atoms with van der Waals surface area (Å²) in [7, 11) is -3.85. The van der Waals surface area contributed by atoms with E-state index in [1.54, 1.807) is 48.5 Å². The molecule has 5 nitrogen and oxygen atoms in total. The Labute approximate surface area is 206 Å². The van der Waals surface area contributed by atoms with Gasteiger partial charge in [0.05, 0.1) is 4.90 Å². The molecule has 0 unspecified atom stereocenters. The topological polar surface area (TPSA) is 72.5 Å². The summed E-state index contributed by atoms with van der Waals surface area (Å²) in [6.07, 6.45) is 0. The minimum Gasteiger partial charge on any atom is -0.457 e. The summed E-state index contributed by atoms with van der Waals surface area (Å²) in [4.78, 5) is 13.1. The van der Waals surface area contributed by atoms with Gasteiger partial charge >= 0.3 is 0 Å². The second kappa shape index (κ2) is 9.76. The van der Waals surface area contributed by atoms with Crippen LogP contribution in [0.5, 0.6) is 11.5 Å². The molecule has 0 amide bonds. The molecule has 0 saturated carbocycles. The van der Waals surface area contributed by atoms with Crippen molar-refractivity contribution in [1.82, 2.24) is 0 Å². The molecule has 35 heavy (non-hydrogen) atoms. The second-order valence-electron chi connectivity index (χ2n) is 9.23. The van der Waals surface area contributed by atoms with Gasteiger partial charge in [-0.05, 0) is 59.5 Å². The lowest BCUT2D eigenvalue weighted by atomic mass is 9.86. The first-order chi connectivity index (χ1) is 16.6. The first-order valence-electron chi connectivity index (χ1n) is 11.2. The molecular formula is C29H27NO4S. The minimum absolute atomic E-state index is 0.00829. The van der Waals surface area contributed by atoms with E-state index in [0.29, 0.717) is 28.3 Å². The van der Waals surface area contributed by atoms with Crippen molar-refractivity contribution in [2.75, 3.05) is 4.72 Å². The van der Waals surface area contributed by atoms with Gasteiger partial charge in [0.2, 0.25) is 0 Å². The maximum Gasteiger partial charge on any atom is 0.261 e. The van der Waals surface area contributed by atoms with E-state index in [1.165, 1.54) is 12.1 Å². The van der Waals surface area contributed by atoms with E-state index in [-0.39, 0.29) is 16.1 Å². The fourth-order valence-corrected chi connectivity index (χ4v) is 4.59. The SMILES string of the molecule is CC(C)(C)c1ccc(C(=O)c2cccc(NS(=O)(=O)c3ccc(Oc4ccccc4)cc3)c2)cc1. The maximum atomic E-state index is 13.0. The Balaban J connectivity index is 1.49. The van der Waals surface area contributed by atoms with Crippen molar-refractivity contribution in [3.63, 3.8) is 0 Å². The van der Waals surface area contributed by atoms with Gasteiger partial charge in [-0.25, -0.2) is 8.42 Å². The summed E-state index contributed by atoms with van der Waals surface area (Å²) >= 11 is 0. The summed E-state index contributed by atoms with van der Waals surface area (Å²) < 4.78 is 34.1. The molecule has 4 rings (SSSR count). The molecule has 0 fully saturated rings. The number of nitrogens with one attached hydrogen (secondary N) is 1. The first-order valence-corrected chi connectivity index (χ1v) is 12.7. The van der Waals surface area contributed by atoms with Crippen LogP contribution in [0.3, 0.4) is 0 Å². The molecule has 0 aliphatic carbocycles. The fraction of sp³-hybridized carbons (Fsp3) is 0.138. The number of ether oxygens (including phenoxy) is 1. The lowest BCUT2D eigenvalue weighted by molar-refractivity contribution is 0.103. The number of benzene rings is 4. The smallest absolute Gasteiger partial charge is 0.261 e. The Morgan fingerprint density at radius 2 is 1.34 bits per heavy atom. The predicted octanol–water partition coefficient (Wildman–Crippen LogP) is 6.81. The molecule has 178 valence electrons. The average Bonchev–Trinajstić information content (AvgIpc) is 2.84. The Morgan fingerprint density at radius 3 is 1.97 bits per heavy atom. The van der Waals surface area contributed by atoms with Crippen LogP contribution in [0, 0.1) is 0 Å². The monoisotopic (exact) mass is 485 g/mol. The van der Waals surface area contributed by atoms with Gasteiger partial charge < -0.3 is 4.74 Å². The summed E-state index contributed by atoms with van der Waals surface area (Å²) in [6, 6.07) is 29.4. The summed E-state index contributed by atoms with van der Waals surface area (Å²) in [5.74, 6) is 1.02. The van der Waals surface area contributed by atoms with Crippen LogP contribution in [0.1, 0.15) is 42.3 Å². The minimum atomic E-state index is -3.85.